The van der Waals surface area contributed by atoms with Crippen molar-refractivity contribution in [1.29, 1.82) is 0 Å². The molecule has 1 aromatic heterocycles. The van der Waals surface area contributed by atoms with Crippen molar-refractivity contribution >= 4 is 29.1 Å². The Kier molecular flexibility index (Phi) is 5.99. The average molecular weight is 427 g/mol. The first-order valence-electron chi connectivity index (χ1n) is 10.0. The van der Waals surface area contributed by atoms with Gasteiger partial charge >= 0.3 is 0 Å². The van der Waals surface area contributed by atoms with Crippen molar-refractivity contribution < 1.29 is 14.3 Å². The lowest BCUT2D eigenvalue weighted by atomic mass is 10.0. The van der Waals surface area contributed by atoms with Gasteiger partial charge < -0.3 is 15.0 Å². The molecule has 0 bridgehead atoms. The van der Waals surface area contributed by atoms with E-state index in [1.54, 1.807) is 30.5 Å². The highest BCUT2D eigenvalue weighted by atomic mass is 35.5. The van der Waals surface area contributed by atoms with Crippen LogP contribution in [0, 0.1) is 5.92 Å². The molecule has 156 valence electrons. The zero-order valence-electron chi connectivity index (χ0n) is 16.5. The Hall–Kier alpha value is -2.93. The Bertz CT molecular complexity index is 959. The second-order valence-corrected chi connectivity index (χ2v) is 8.04. The van der Waals surface area contributed by atoms with Crippen LogP contribution in [0.5, 0.6) is 5.88 Å². The van der Waals surface area contributed by atoms with Crippen LogP contribution in [0.2, 0.25) is 5.02 Å². The molecule has 2 aromatic rings. The number of hydrogen-bond donors (Lipinski definition) is 1. The minimum absolute atomic E-state index is 0.0196. The highest BCUT2D eigenvalue weighted by Gasteiger charge is 2.29. The molecule has 1 aromatic carbocycles. The number of anilines is 1. The summed E-state index contributed by atoms with van der Waals surface area (Å²) in [6.07, 6.45) is 6.66. The molecule has 4 rings (SSSR count). The first kappa shape index (κ1) is 20.3. The SMILES string of the molecule is C=CC(=O)Nc1ccc(C(=O)N2CC[C@@H](Cc3ncc(Cl)c(OC4CC4)n3)C2)cc1. The Morgan fingerprint density at radius 1 is 1.27 bits per heavy atom. The largest absolute Gasteiger partial charge is 0.473 e. The summed E-state index contributed by atoms with van der Waals surface area (Å²) in [5.74, 6) is 1.13. The van der Waals surface area contributed by atoms with Crippen molar-refractivity contribution in [1.82, 2.24) is 14.9 Å². The summed E-state index contributed by atoms with van der Waals surface area (Å²) in [4.78, 5) is 34.8. The number of carbonyl (C=O) groups excluding carboxylic acids is 2. The maximum Gasteiger partial charge on any atom is 0.253 e. The fourth-order valence-corrected chi connectivity index (χ4v) is 3.56. The van der Waals surface area contributed by atoms with Crippen LogP contribution in [-0.4, -0.2) is 45.9 Å². The number of likely N-dealkylation sites (tertiary alicyclic amines) is 1. The van der Waals surface area contributed by atoms with Gasteiger partial charge in [0.15, 0.2) is 0 Å². The van der Waals surface area contributed by atoms with E-state index >= 15 is 0 Å². The molecule has 1 aliphatic heterocycles. The number of ether oxygens (including phenoxy) is 1. The molecule has 2 amide bonds. The Morgan fingerprint density at radius 3 is 2.73 bits per heavy atom. The van der Waals surface area contributed by atoms with Crippen molar-refractivity contribution in [3.05, 3.63) is 59.5 Å². The van der Waals surface area contributed by atoms with Gasteiger partial charge in [-0.3, -0.25) is 9.59 Å². The molecule has 2 heterocycles. The molecule has 1 saturated carbocycles. The molecular weight excluding hydrogens is 404 g/mol. The molecule has 1 atom stereocenters. The third-order valence-electron chi connectivity index (χ3n) is 5.19. The molecular formula is C22H23ClN4O3. The van der Waals surface area contributed by atoms with Gasteiger partial charge in [-0.15, -0.1) is 0 Å². The van der Waals surface area contributed by atoms with Crippen molar-refractivity contribution in [2.75, 3.05) is 18.4 Å². The molecule has 8 heteroatoms. The first-order chi connectivity index (χ1) is 14.5. The van der Waals surface area contributed by atoms with Gasteiger partial charge in [0.25, 0.3) is 5.91 Å². The van der Waals surface area contributed by atoms with Crippen LogP contribution in [-0.2, 0) is 11.2 Å². The standard InChI is InChI=1S/C22H23ClN4O3/c1-2-20(28)25-16-5-3-15(4-6-16)22(29)27-10-9-14(13-27)11-19-24-12-18(23)21(26-19)30-17-7-8-17/h2-6,12,14,17H,1,7-11,13H2,(H,25,28)/t14-/m0/s1. The van der Waals surface area contributed by atoms with Crippen LogP contribution in [0.15, 0.2) is 43.1 Å². The summed E-state index contributed by atoms with van der Waals surface area (Å²) < 4.78 is 5.74. The lowest BCUT2D eigenvalue weighted by Gasteiger charge is -2.17. The number of carbonyl (C=O) groups is 2. The van der Waals surface area contributed by atoms with E-state index in [-0.39, 0.29) is 23.8 Å². The minimum Gasteiger partial charge on any atom is -0.473 e. The van der Waals surface area contributed by atoms with E-state index in [1.807, 2.05) is 4.90 Å². The molecule has 2 aliphatic rings. The van der Waals surface area contributed by atoms with E-state index in [0.717, 1.165) is 19.3 Å². The van der Waals surface area contributed by atoms with Crippen LogP contribution in [0.4, 0.5) is 5.69 Å². The van der Waals surface area contributed by atoms with E-state index < -0.39 is 0 Å². The molecule has 2 fully saturated rings. The van der Waals surface area contributed by atoms with Gasteiger partial charge in [-0.1, -0.05) is 18.2 Å². The summed E-state index contributed by atoms with van der Waals surface area (Å²) in [7, 11) is 0. The predicted molar refractivity (Wildman–Crippen MR) is 114 cm³/mol. The summed E-state index contributed by atoms with van der Waals surface area (Å²) in [5.41, 5.74) is 1.22. The van der Waals surface area contributed by atoms with E-state index in [2.05, 4.69) is 21.9 Å². The van der Waals surface area contributed by atoms with Gasteiger partial charge in [-0.05, 0) is 55.5 Å². The quantitative estimate of drug-likeness (QED) is 0.685. The molecule has 30 heavy (non-hydrogen) atoms. The summed E-state index contributed by atoms with van der Waals surface area (Å²) in [6, 6.07) is 6.87. The lowest BCUT2D eigenvalue weighted by Crippen LogP contribution is -2.29. The van der Waals surface area contributed by atoms with Gasteiger partial charge in [-0.25, -0.2) is 4.98 Å². The van der Waals surface area contributed by atoms with E-state index in [4.69, 9.17) is 16.3 Å². The van der Waals surface area contributed by atoms with Crippen molar-refractivity contribution in [2.45, 2.75) is 31.8 Å². The lowest BCUT2D eigenvalue weighted by molar-refractivity contribution is -0.111. The molecule has 7 nitrogen and oxygen atoms in total. The topological polar surface area (TPSA) is 84.4 Å². The fourth-order valence-electron chi connectivity index (χ4n) is 3.42. The minimum atomic E-state index is -0.286. The maximum absolute atomic E-state index is 12.8. The van der Waals surface area contributed by atoms with Crippen LogP contribution >= 0.6 is 11.6 Å². The third-order valence-corrected chi connectivity index (χ3v) is 5.45. The number of halogens is 1. The van der Waals surface area contributed by atoms with Gasteiger partial charge in [0.2, 0.25) is 11.8 Å². The number of aromatic nitrogens is 2. The van der Waals surface area contributed by atoms with Crippen LogP contribution in [0.25, 0.3) is 0 Å². The van der Waals surface area contributed by atoms with Crippen LogP contribution in [0.3, 0.4) is 0 Å². The molecule has 1 saturated heterocycles. The number of hydrogen-bond acceptors (Lipinski definition) is 5. The molecule has 0 radical (unpaired) electrons. The second kappa shape index (κ2) is 8.83. The van der Waals surface area contributed by atoms with Gasteiger partial charge in [0, 0.05) is 30.8 Å². The van der Waals surface area contributed by atoms with Crippen molar-refractivity contribution in [3.8, 4) is 5.88 Å². The van der Waals surface area contributed by atoms with Gasteiger partial charge in [-0.2, -0.15) is 4.98 Å². The van der Waals surface area contributed by atoms with Crippen molar-refractivity contribution in [3.63, 3.8) is 0 Å². The Balaban J connectivity index is 1.34. The first-order valence-corrected chi connectivity index (χ1v) is 10.4. The van der Waals surface area contributed by atoms with E-state index in [0.29, 0.717) is 47.5 Å². The highest BCUT2D eigenvalue weighted by Crippen LogP contribution is 2.30. The Morgan fingerprint density at radius 2 is 2.03 bits per heavy atom. The monoisotopic (exact) mass is 426 g/mol. The summed E-state index contributed by atoms with van der Waals surface area (Å²) in [6.45, 7) is 4.76. The van der Waals surface area contributed by atoms with E-state index in [1.165, 1.54) is 6.08 Å². The van der Waals surface area contributed by atoms with Crippen molar-refractivity contribution in [2.24, 2.45) is 5.92 Å². The molecule has 0 spiro atoms. The Labute approximate surface area is 180 Å². The zero-order chi connectivity index (χ0) is 21.1. The third kappa shape index (κ3) is 4.97. The number of nitrogens with zero attached hydrogens (tertiary/aromatic N) is 3. The second-order valence-electron chi connectivity index (χ2n) is 7.64. The summed E-state index contributed by atoms with van der Waals surface area (Å²) in [5, 5.41) is 3.10. The summed E-state index contributed by atoms with van der Waals surface area (Å²) >= 11 is 6.13. The fraction of sp³-hybridized carbons (Fsp3) is 0.364. The predicted octanol–water partition coefficient (Wildman–Crippen LogP) is 3.50. The van der Waals surface area contributed by atoms with Gasteiger partial charge in [0.05, 0.1) is 6.20 Å². The van der Waals surface area contributed by atoms with E-state index in [9.17, 15) is 9.59 Å². The molecule has 1 aliphatic carbocycles. The van der Waals surface area contributed by atoms with Crippen LogP contribution < -0.4 is 10.1 Å². The smallest absolute Gasteiger partial charge is 0.253 e. The average Bonchev–Trinajstić information content (AvgIpc) is 3.45. The van der Waals surface area contributed by atoms with Crippen LogP contribution in [0.1, 0.15) is 35.4 Å². The van der Waals surface area contributed by atoms with Gasteiger partial charge in [0.1, 0.15) is 17.0 Å². The highest BCUT2D eigenvalue weighted by molar-refractivity contribution is 6.31. The number of rotatable bonds is 7. The number of nitrogens with one attached hydrogen (secondary N) is 1. The molecule has 1 N–H and O–H groups in total. The molecule has 0 unspecified atom stereocenters. The number of amides is 2. The maximum atomic E-state index is 12.8. The number of benzene rings is 1. The zero-order valence-corrected chi connectivity index (χ0v) is 17.3. The normalized spacial score (nSPS) is 18.2.